The molecule has 0 saturated heterocycles. The first-order valence-electron chi connectivity index (χ1n) is 8.92. The molecule has 28 heavy (non-hydrogen) atoms. The first-order chi connectivity index (χ1) is 13.2. The van der Waals surface area contributed by atoms with Crippen molar-refractivity contribution in [2.75, 3.05) is 0 Å². The number of carbonyl (C=O) groups is 2. The van der Waals surface area contributed by atoms with Crippen molar-refractivity contribution in [3.05, 3.63) is 53.6 Å². The molecule has 0 aromatic heterocycles. The zero-order valence-electron chi connectivity index (χ0n) is 16.0. The number of amides is 1. The summed E-state index contributed by atoms with van der Waals surface area (Å²) in [6, 6.07) is 12.7. The number of carbonyl (C=O) groups excluding carboxylic acids is 2. The fourth-order valence-electron chi connectivity index (χ4n) is 2.88. The highest BCUT2D eigenvalue weighted by molar-refractivity contribution is 6.61. The van der Waals surface area contributed by atoms with Crippen LogP contribution < -0.4 is 15.5 Å². The lowest BCUT2D eigenvalue weighted by atomic mass is 9.80. The number of esters is 1. The predicted molar refractivity (Wildman–Crippen MR) is 103 cm³/mol. The van der Waals surface area contributed by atoms with E-state index in [2.05, 4.69) is 5.32 Å². The van der Waals surface area contributed by atoms with Crippen LogP contribution >= 0.6 is 0 Å². The third-order valence-electron chi connectivity index (χ3n) is 4.34. The van der Waals surface area contributed by atoms with Crippen LogP contribution in [0.15, 0.2) is 42.5 Å². The number of benzene rings is 2. The first kappa shape index (κ1) is 19.9. The van der Waals surface area contributed by atoms with E-state index in [9.17, 15) is 14.6 Å². The van der Waals surface area contributed by atoms with E-state index in [4.69, 9.17) is 14.1 Å². The minimum atomic E-state index is -1.22. The van der Waals surface area contributed by atoms with Crippen LogP contribution in [0.4, 0.5) is 0 Å². The summed E-state index contributed by atoms with van der Waals surface area (Å²) in [7, 11) is -0.871. The summed E-state index contributed by atoms with van der Waals surface area (Å²) in [5.41, 5.74) is 1.32. The average Bonchev–Trinajstić information content (AvgIpc) is 3.00. The quantitative estimate of drug-likeness (QED) is 0.582. The number of fused-ring (bicyclic) bond motifs is 1. The molecule has 0 atom stereocenters. The van der Waals surface area contributed by atoms with Crippen LogP contribution in [-0.2, 0) is 32.1 Å². The van der Waals surface area contributed by atoms with Gasteiger partial charge in [0, 0.05) is 13.5 Å². The number of hydrogen-bond donors (Lipinski definition) is 2. The minimum absolute atomic E-state index is 0.303. The van der Waals surface area contributed by atoms with Gasteiger partial charge in [-0.3, -0.25) is 9.59 Å². The molecule has 146 valence electrons. The molecule has 1 amide bonds. The monoisotopic (exact) mass is 383 g/mol. The Kier molecular flexibility index (Phi) is 5.72. The van der Waals surface area contributed by atoms with Gasteiger partial charge in [-0.05, 0) is 54.7 Å². The Morgan fingerprint density at radius 1 is 1.18 bits per heavy atom. The smallest absolute Gasteiger partial charge is 0.457 e. The maximum absolute atomic E-state index is 12.2. The molecule has 0 saturated carbocycles. The molecule has 2 aromatic rings. The van der Waals surface area contributed by atoms with E-state index in [1.807, 2.05) is 18.2 Å². The molecule has 1 heterocycles. The Morgan fingerprint density at radius 2 is 1.86 bits per heavy atom. The minimum Gasteiger partial charge on any atom is -0.457 e. The van der Waals surface area contributed by atoms with Gasteiger partial charge in [-0.15, -0.1) is 0 Å². The molecule has 0 aliphatic carbocycles. The van der Waals surface area contributed by atoms with Gasteiger partial charge in [0.1, 0.15) is 11.5 Å². The Morgan fingerprint density at radius 3 is 2.54 bits per heavy atom. The summed E-state index contributed by atoms with van der Waals surface area (Å²) >= 11 is 0. The zero-order valence-corrected chi connectivity index (χ0v) is 16.0. The number of hydrogen-bond acceptors (Lipinski definition) is 6. The highest BCUT2D eigenvalue weighted by atomic mass is 16.6. The zero-order chi connectivity index (χ0) is 20.3. The van der Waals surface area contributed by atoms with Crippen molar-refractivity contribution in [2.24, 2.45) is 0 Å². The Balaban J connectivity index is 1.57. The average molecular weight is 383 g/mol. The van der Waals surface area contributed by atoms with E-state index in [1.54, 1.807) is 38.1 Å². The molecule has 2 aromatic carbocycles. The fourth-order valence-corrected chi connectivity index (χ4v) is 2.88. The van der Waals surface area contributed by atoms with Crippen molar-refractivity contribution in [3.8, 4) is 11.5 Å². The van der Waals surface area contributed by atoms with E-state index < -0.39 is 18.7 Å². The molecular weight excluding hydrogens is 361 g/mol. The fraction of sp³-hybridized carbons (Fsp3) is 0.300. The summed E-state index contributed by atoms with van der Waals surface area (Å²) < 4.78 is 16.0. The standard InChI is InChI=1S/C20H22BNO6/c1-13(23)28-20(2,3)19(24)22-11-14-4-6-16(7-5-14)27-17-8-9-18-15(10-17)12-26-21(18)25/h4-10,25H,11-12H2,1-3H3,(H,22,24). The van der Waals surface area contributed by atoms with E-state index in [0.29, 0.717) is 24.7 Å². The first-order valence-corrected chi connectivity index (χ1v) is 8.92. The van der Waals surface area contributed by atoms with Crippen molar-refractivity contribution >= 4 is 24.5 Å². The SMILES string of the molecule is CC(=O)OC(C)(C)C(=O)NCc1ccc(Oc2ccc3c(c2)COB3O)cc1. The van der Waals surface area contributed by atoms with Crippen molar-refractivity contribution in [1.82, 2.24) is 5.32 Å². The maximum Gasteiger partial charge on any atom is 0.491 e. The highest BCUT2D eigenvalue weighted by Crippen LogP contribution is 2.24. The van der Waals surface area contributed by atoms with Gasteiger partial charge < -0.3 is 24.5 Å². The lowest BCUT2D eigenvalue weighted by molar-refractivity contribution is -0.163. The van der Waals surface area contributed by atoms with Gasteiger partial charge >= 0.3 is 13.1 Å². The third kappa shape index (κ3) is 4.71. The van der Waals surface area contributed by atoms with Gasteiger partial charge in [-0.25, -0.2) is 0 Å². The number of ether oxygens (including phenoxy) is 2. The van der Waals surface area contributed by atoms with Crippen molar-refractivity contribution in [1.29, 1.82) is 0 Å². The van der Waals surface area contributed by atoms with Crippen molar-refractivity contribution in [2.45, 2.75) is 39.5 Å². The highest BCUT2D eigenvalue weighted by Gasteiger charge is 2.30. The van der Waals surface area contributed by atoms with Crippen molar-refractivity contribution < 1.29 is 28.7 Å². The maximum atomic E-state index is 12.2. The van der Waals surface area contributed by atoms with E-state index in [0.717, 1.165) is 16.6 Å². The predicted octanol–water partition coefficient (Wildman–Crippen LogP) is 1.65. The summed E-state index contributed by atoms with van der Waals surface area (Å²) in [6.45, 7) is 5.01. The van der Waals surface area contributed by atoms with Gasteiger partial charge in [-0.2, -0.15) is 0 Å². The molecule has 0 spiro atoms. The largest absolute Gasteiger partial charge is 0.491 e. The molecule has 0 bridgehead atoms. The van der Waals surface area contributed by atoms with Gasteiger partial charge in [0.25, 0.3) is 5.91 Å². The van der Waals surface area contributed by atoms with E-state index in [-0.39, 0.29) is 5.91 Å². The Bertz CT molecular complexity index is 881. The van der Waals surface area contributed by atoms with Crippen LogP contribution in [0.5, 0.6) is 11.5 Å². The van der Waals surface area contributed by atoms with E-state index >= 15 is 0 Å². The van der Waals surface area contributed by atoms with Crippen LogP contribution in [0.25, 0.3) is 0 Å². The summed E-state index contributed by atoms with van der Waals surface area (Å²) in [5.74, 6) is 0.426. The summed E-state index contributed by atoms with van der Waals surface area (Å²) in [6.07, 6.45) is 0. The van der Waals surface area contributed by atoms with Gasteiger partial charge in [0.2, 0.25) is 0 Å². The molecule has 1 aliphatic heterocycles. The van der Waals surface area contributed by atoms with Crippen molar-refractivity contribution in [3.63, 3.8) is 0 Å². The van der Waals surface area contributed by atoms with Gasteiger partial charge in [-0.1, -0.05) is 18.2 Å². The second-order valence-electron chi connectivity index (χ2n) is 7.06. The summed E-state index contributed by atoms with van der Waals surface area (Å²) in [5, 5.41) is 12.4. The lowest BCUT2D eigenvalue weighted by Crippen LogP contribution is -2.44. The molecular formula is C20H22BNO6. The van der Waals surface area contributed by atoms with Gasteiger partial charge in [0.15, 0.2) is 5.60 Å². The Hall–Kier alpha value is -2.84. The molecule has 2 N–H and O–H groups in total. The van der Waals surface area contributed by atoms with Gasteiger partial charge in [0.05, 0.1) is 6.61 Å². The van der Waals surface area contributed by atoms with Crippen LogP contribution in [-0.4, -0.2) is 29.6 Å². The van der Waals surface area contributed by atoms with Crippen LogP contribution in [0.3, 0.4) is 0 Å². The lowest BCUT2D eigenvalue weighted by Gasteiger charge is -2.23. The summed E-state index contributed by atoms with van der Waals surface area (Å²) in [4.78, 5) is 23.2. The Labute approximate surface area is 163 Å². The van der Waals surface area contributed by atoms with E-state index in [1.165, 1.54) is 6.92 Å². The van der Waals surface area contributed by atoms with Crippen LogP contribution in [0.2, 0.25) is 0 Å². The number of rotatable bonds is 6. The molecule has 0 unspecified atom stereocenters. The molecule has 8 heteroatoms. The number of nitrogens with one attached hydrogen (secondary N) is 1. The molecule has 0 fully saturated rings. The normalized spacial score (nSPS) is 13.1. The molecule has 1 aliphatic rings. The van der Waals surface area contributed by atoms with Crippen LogP contribution in [0.1, 0.15) is 31.9 Å². The van der Waals surface area contributed by atoms with Crippen LogP contribution in [0, 0.1) is 0 Å². The molecule has 3 rings (SSSR count). The second-order valence-corrected chi connectivity index (χ2v) is 7.06. The molecule has 0 radical (unpaired) electrons. The second kappa shape index (κ2) is 8.04. The third-order valence-corrected chi connectivity index (χ3v) is 4.34. The topological polar surface area (TPSA) is 94.1 Å². The molecule has 7 nitrogen and oxygen atoms in total.